The minimum absolute atomic E-state index is 0. The Kier molecular flexibility index (Phi) is 3.87. The lowest BCUT2D eigenvalue weighted by Crippen LogP contribution is -1.81. The Morgan fingerprint density at radius 1 is 1.06 bits per heavy atom. The Hall–Kier alpha value is -2.05. The van der Waals surface area contributed by atoms with Gasteiger partial charge in [-0.2, -0.15) is 5.26 Å². The van der Waals surface area contributed by atoms with Gasteiger partial charge in [-0.1, -0.05) is 6.07 Å². The molecule has 0 bridgehead atoms. The molecule has 0 aliphatic carbocycles. The van der Waals surface area contributed by atoms with Crippen molar-refractivity contribution >= 4 is 12.4 Å². The predicted molar refractivity (Wildman–Crippen MR) is 63.3 cm³/mol. The van der Waals surface area contributed by atoms with Crippen LogP contribution in [0.25, 0.3) is 11.1 Å². The van der Waals surface area contributed by atoms with Crippen molar-refractivity contribution in [3.05, 3.63) is 48.3 Å². The lowest BCUT2D eigenvalue weighted by molar-refractivity contribution is 0.473. The van der Waals surface area contributed by atoms with Crippen molar-refractivity contribution in [2.75, 3.05) is 0 Å². The van der Waals surface area contributed by atoms with E-state index in [0.717, 1.165) is 11.1 Å². The van der Waals surface area contributed by atoms with E-state index in [1.54, 1.807) is 24.5 Å². The third-order valence-corrected chi connectivity index (χ3v) is 2.13. The van der Waals surface area contributed by atoms with E-state index in [0.29, 0.717) is 0 Å². The molecule has 0 radical (unpaired) electrons. The third-order valence-electron chi connectivity index (χ3n) is 2.13. The Labute approximate surface area is 99.4 Å². The van der Waals surface area contributed by atoms with Crippen LogP contribution in [0.15, 0.2) is 42.7 Å². The summed E-state index contributed by atoms with van der Waals surface area (Å²) in [5, 5.41) is 18.1. The second kappa shape index (κ2) is 5.15. The van der Waals surface area contributed by atoms with Crippen molar-refractivity contribution in [3.63, 3.8) is 0 Å². The molecule has 2 rings (SSSR count). The molecule has 4 heteroatoms. The van der Waals surface area contributed by atoms with E-state index in [4.69, 9.17) is 5.26 Å². The fourth-order valence-corrected chi connectivity index (χ4v) is 1.35. The highest BCUT2D eigenvalue weighted by atomic mass is 35.5. The summed E-state index contributed by atoms with van der Waals surface area (Å²) in [7, 11) is 0. The predicted octanol–water partition coefficient (Wildman–Crippen LogP) is 2.75. The zero-order valence-corrected chi connectivity index (χ0v) is 9.11. The maximum absolute atomic E-state index is 9.35. The van der Waals surface area contributed by atoms with Crippen LogP contribution in [0.1, 0.15) is 5.56 Å². The molecule has 16 heavy (non-hydrogen) atoms. The maximum atomic E-state index is 9.35. The molecule has 0 spiro atoms. The van der Waals surface area contributed by atoms with Gasteiger partial charge in [0.25, 0.3) is 0 Å². The Balaban J connectivity index is 0.00000128. The van der Waals surface area contributed by atoms with Gasteiger partial charge in [0.1, 0.15) is 11.8 Å². The van der Waals surface area contributed by atoms with Gasteiger partial charge < -0.3 is 5.11 Å². The maximum Gasteiger partial charge on any atom is 0.133 e. The van der Waals surface area contributed by atoms with Crippen LogP contribution in [0.4, 0.5) is 0 Å². The number of rotatable bonds is 1. The van der Waals surface area contributed by atoms with Gasteiger partial charge in [-0.25, -0.2) is 0 Å². The van der Waals surface area contributed by atoms with E-state index in [9.17, 15) is 5.11 Å². The van der Waals surface area contributed by atoms with Gasteiger partial charge in [0.2, 0.25) is 0 Å². The zero-order chi connectivity index (χ0) is 10.7. The van der Waals surface area contributed by atoms with Gasteiger partial charge in [-0.15, -0.1) is 12.4 Å². The molecule has 0 amide bonds. The van der Waals surface area contributed by atoms with Crippen LogP contribution in [-0.4, -0.2) is 10.1 Å². The summed E-state index contributed by atoms with van der Waals surface area (Å²) in [4.78, 5) is 3.92. The highest BCUT2D eigenvalue weighted by Crippen LogP contribution is 2.24. The number of nitrogens with zero attached hydrogens (tertiary/aromatic N) is 2. The lowest BCUT2D eigenvalue weighted by Gasteiger charge is -2.02. The molecule has 0 saturated carbocycles. The standard InChI is InChI=1S/C12H8N2O.ClH/c13-8-11-7-10(1-2-12(11)15)9-3-5-14-6-4-9;/h1-7,15H;1H. The molecule has 1 aromatic heterocycles. The average molecular weight is 233 g/mol. The number of aromatic nitrogens is 1. The summed E-state index contributed by atoms with van der Waals surface area (Å²) in [5.41, 5.74) is 2.15. The number of halogens is 1. The highest BCUT2D eigenvalue weighted by Gasteiger charge is 2.02. The van der Waals surface area contributed by atoms with Crippen molar-refractivity contribution in [1.29, 1.82) is 5.26 Å². The topological polar surface area (TPSA) is 56.9 Å². The van der Waals surface area contributed by atoms with Crippen LogP contribution in [0.5, 0.6) is 5.75 Å². The van der Waals surface area contributed by atoms with Gasteiger partial charge in [0.15, 0.2) is 0 Å². The molecular weight excluding hydrogens is 224 g/mol. The van der Waals surface area contributed by atoms with E-state index < -0.39 is 0 Å². The molecule has 80 valence electrons. The second-order valence-electron chi connectivity index (χ2n) is 3.08. The van der Waals surface area contributed by atoms with E-state index in [1.165, 1.54) is 6.07 Å². The summed E-state index contributed by atoms with van der Waals surface area (Å²) in [6.07, 6.45) is 3.38. The molecule has 3 nitrogen and oxygen atoms in total. The molecule has 0 fully saturated rings. The molecule has 0 unspecified atom stereocenters. The van der Waals surface area contributed by atoms with Crippen LogP contribution >= 0.6 is 12.4 Å². The van der Waals surface area contributed by atoms with Crippen LogP contribution in [0, 0.1) is 11.3 Å². The minimum atomic E-state index is 0. The first-order valence-electron chi connectivity index (χ1n) is 4.45. The summed E-state index contributed by atoms with van der Waals surface area (Å²) in [5.74, 6) is 0.00954. The molecular formula is C12H9ClN2O. The van der Waals surface area contributed by atoms with E-state index in [1.807, 2.05) is 18.2 Å². The molecule has 1 heterocycles. The second-order valence-corrected chi connectivity index (χ2v) is 3.08. The smallest absolute Gasteiger partial charge is 0.133 e. The van der Waals surface area contributed by atoms with E-state index in [-0.39, 0.29) is 23.7 Å². The number of benzene rings is 1. The highest BCUT2D eigenvalue weighted by molar-refractivity contribution is 5.85. The minimum Gasteiger partial charge on any atom is -0.507 e. The fourth-order valence-electron chi connectivity index (χ4n) is 1.35. The van der Waals surface area contributed by atoms with Gasteiger partial charge in [0.05, 0.1) is 5.56 Å². The third kappa shape index (κ3) is 2.30. The number of phenols is 1. The van der Waals surface area contributed by atoms with Crippen molar-refractivity contribution < 1.29 is 5.11 Å². The van der Waals surface area contributed by atoms with Crippen molar-refractivity contribution in [2.24, 2.45) is 0 Å². The monoisotopic (exact) mass is 232 g/mol. The molecule has 0 saturated heterocycles. The zero-order valence-electron chi connectivity index (χ0n) is 8.29. The van der Waals surface area contributed by atoms with Crippen molar-refractivity contribution in [1.82, 2.24) is 4.98 Å². The number of aromatic hydroxyl groups is 1. The number of pyridine rings is 1. The first-order chi connectivity index (χ1) is 7.31. The lowest BCUT2D eigenvalue weighted by atomic mass is 10.0. The quantitative estimate of drug-likeness (QED) is 0.823. The largest absolute Gasteiger partial charge is 0.507 e. The van der Waals surface area contributed by atoms with Gasteiger partial charge in [0, 0.05) is 12.4 Å². The molecule has 1 N–H and O–H groups in total. The summed E-state index contributed by atoms with van der Waals surface area (Å²) in [6.45, 7) is 0. The molecule has 0 aliphatic heterocycles. The summed E-state index contributed by atoms with van der Waals surface area (Å²) in [6, 6.07) is 10.6. The first-order valence-corrected chi connectivity index (χ1v) is 4.45. The average Bonchev–Trinajstić information content (AvgIpc) is 2.31. The van der Waals surface area contributed by atoms with Crippen LogP contribution in [-0.2, 0) is 0 Å². The van der Waals surface area contributed by atoms with Gasteiger partial charge in [-0.3, -0.25) is 4.98 Å². The normalized spacial score (nSPS) is 8.94. The SMILES string of the molecule is Cl.N#Cc1cc(-c2ccncc2)ccc1O. The van der Waals surface area contributed by atoms with E-state index >= 15 is 0 Å². The van der Waals surface area contributed by atoms with Gasteiger partial charge in [-0.05, 0) is 35.4 Å². The van der Waals surface area contributed by atoms with E-state index in [2.05, 4.69) is 4.98 Å². The number of phenolic OH excluding ortho intramolecular Hbond substituents is 1. The van der Waals surface area contributed by atoms with Crippen LogP contribution < -0.4 is 0 Å². The molecule has 0 atom stereocenters. The Morgan fingerprint density at radius 3 is 2.38 bits per heavy atom. The summed E-state index contributed by atoms with van der Waals surface area (Å²) >= 11 is 0. The fraction of sp³-hybridized carbons (Fsp3) is 0. The number of hydrogen-bond acceptors (Lipinski definition) is 3. The van der Waals surface area contributed by atoms with Crippen LogP contribution in [0.2, 0.25) is 0 Å². The first kappa shape index (κ1) is 12.0. The van der Waals surface area contributed by atoms with Crippen molar-refractivity contribution in [3.8, 4) is 22.9 Å². The Morgan fingerprint density at radius 2 is 1.75 bits per heavy atom. The molecule has 2 aromatic rings. The number of hydrogen-bond donors (Lipinski definition) is 1. The molecule has 0 aliphatic rings. The van der Waals surface area contributed by atoms with Crippen molar-refractivity contribution in [2.45, 2.75) is 0 Å². The number of nitriles is 1. The van der Waals surface area contributed by atoms with Gasteiger partial charge >= 0.3 is 0 Å². The van der Waals surface area contributed by atoms with Crippen LogP contribution in [0.3, 0.4) is 0 Å². The summed E-state index contributed by atoms with van der Waals surface area (Å²) < 4.78 is 0. The molecule has 1 aromatic carbocycles. The Bertz CT molecular complexity index is 520.